The summed E-state index contributed by atoms with van der Waals surface area (Å²) in [5.74, 6) is -2.35. The highest BCUT2D eigenvalue weighted by Crippen LogP contribution is 2.59. The lowest BCUT2D eigenvalue weighted by atomic mass is 9.70. The number of hydrogen-bond acceptors (Lipinski definition) is 6. The van der Waals surface area contributed by atoms with Crippen LogP contribution in [0.1, 0.15) is 45.4 Å². The monoisotopic (exact) mass is 518 g/mol. The second kappa shape index (κ2) is 11.3. The van der Waals surface area contributed by atoms with Gasteiger partial charge in [-0.2, -0.15) is 0 Å². The van der Waals surface area contributed by atoms with Crippen LogP contribution in [-0.4, -0.2) is 71.8 Å². The molecule has 2 amide bonds. The standard InChI is InChI=1S/C27H35ClN2O6/c1-3-15-29(19-11-9-18(28)10-12-19)25(33)23-27-14-13-20(36-27)21(26(34)35-4-2)22(27)24(32)30(23)16-7-5-6-8-17-31/h3,9-12,20-23,31H,1,4-8,13-17H2,2H3/t20-,21+,22-,23?,27?/m0/s1. The number of likely N-dealkylation sites (tertiary alicyclic amines) is 1. The minimum atomic E-state index is -1.06. The average Bonchev–Trinajstić information content (AvgIpc) is 3.50. The minimum Gasteiger partial charge on any atom is -0.466 e. The quantitative estimate of drug-likeness (QED) is 0.259. The number of unbranched alkanes of at least 4 members (excludes halogenated alkanes) is 3. The van der Waals surface area contributed by atoms with E-state index in [1.165, 1.54) is 0 Å². The summed E-state index contributed by atoms with van der Waals surface area (Å²) < 4.78 is 11.8. The number of carbonyl (C=O) groups is 3. The van der Waals surface area contributed by atoms with Crippen molar-refractivity contribution in [1.29, 1.82) is 0 Å². The van der Waals surface area contributed by atoms with E-state index in [2.05, 4.69) is 6.58 Å². The van der Waals surface area contributed by atoms with E-state index in [0.717, 1.165) is 12.8 Å². The Morgan fingerprint density at radius 1 is 1.28 bits per heavy atom. The van der Waals surface area contributed by atoms with Crippen LogP contribution < -0.4 is 4.90 Å². The molecule has 8 nitrogen and oxygen atoms in total. The van der Waals surface area contributed by atoms with Crippen molar-refractivity contribution in [3.63, 3.8) is 0 Å². The van der Waals surface area contributed by atoms with Crippen LogP contribution in [0.25, 0.3) is 0 Å². The topological polar surface area (TPSA) is 96.4 Å². The molecule has 3 aliphatic heterocycles. The first-order chi connectivity index (χ1) is 17.4. The van der Waals surface area contributed by atoms with Crippen LogP contribution in [0.3, 0.4) is 0 Å². The van der Waals surface area contributed by atoms with Crippen molar-refractivity contribution >= 4 is 35.1 Å². The van der Waals surface area contributed by atoms with Crippen molar-refractivity contribution in [3.05, 3.63) is 41.9 Å². The molecule has 4 rings (SSSR count). The Kier molecular flexibility index (Phi) is 8.37. The van der Waals surface area contributed by atoms with Gasteiger partial charge < -0.3 is 24.4 Å². The van der Waals surface area contributed by atoms with Gasteiger partial charge in [0.25, 0.3) is 5.91 Å². The van der Waals surface area contributed by atoms with E-state index in [1.54, 1.807) is 47.1 Å². The predicted molar refractivity (Wildman–Crippen MR) is 136 cm³/mol. The number of amides is 2. The molecular weight excluding hydrogens is 484 g/mol. The first kappa shape index (κ1) is 26.6. The molecule has 1 aromatic rings. The highest BCUT2D eigenvalue weighted by molar-refractivity contribution is 6.30. The Labute approximate surface area is 217 Å². The highest BCUT2D eigenvalue weighted by Gasteiger charge is 2.75. The molecule has 3 fully saturated rings. The normalized spacial score (nSPS) is 28.3. The number of hydrogen-bond donors (Lipinski definition) is 1. The Balaban J connectivity index is 1.69. The second-order valence-corrected chi connectivity index (χ2v) is 10.1. The smallest absolute Gasteiger partial charge is 0.312 e. The van der Waals surface area contributed by atoms with Crippen molar-refractivity contribution < 1.29 is 29.0 Å². The van der Waals surface area contributed by atoms with Crippen molar-refractivity contribution in [2.45, 2.75) is 63.2 Å². The van der Waals surface area contributed by atoms with Crippen molar-refractivity contribution in [3.8, 4) is 0 Å². The van der Waals surface area contributed by atoms with E-state index in [9.17, 15) is 14.4 Å². The highest BCUT2D eigenvalue weighted by atomic mass is 35.5. The first-order valence-corrected chi connectivity index (χ1v) is 13.2. The van der Waals surface area contributed by atoms with Gasteiger partial charge in [0.2, 0.25) is 5.91 Å². The van der Waals surface area contributed by atoms with Gasteiger partial charge in [0, 0.05) is 30.4 Å². The number of aliphatic hydroxyl groups is 1. The SMILES string of the molecule is C=CCN(C(=O)C1N(CCCCCCO)C(=O)[C@@H]2[C@H](C(=O)OCC)[C@@H]3CCC12O3)c1ccc(Cl)cc1. The summed E-state index contributed by atoms with van der Waals surface area (Å²) in [6, 6.07) is 6.11. The van der Waals surface area contributed by atoms with Gasteiger partial charge in [0.05, 0.1) is 24.5 Å². The molecule has 36 heavy (non-hydrogen) atoms. The molecule has 0 aliphatic carbocycles. The zero-order valence-corrected chi connectivity index (χ0v) is 21.5. The number of carbonyl (C=O) groups excluding carboxylic acids is 3. The molecule has 196 valence electrons. The maximum absolute atomic E-state index is 14.3. The van der Waals surface area contributed by atoms with Crippen LogP contribution >= 0.6 is 11.6 Å². The molecule has 1 spiro atoms. The van der Waals surface area contributed by atoms with Gasteiger partial charge in [-0.05, 0) is 56.9 Å². The summed E-state index contributed by atoms with van der Waals surface area (Å²) >= 11 is 6.07. The molecule has 2 unspecified atom stereocenters. The number of esters is 1. The molecular formula is C27H35ClN2O6. The Hall–Kier alpha value is -2.42. The summed E-state index contributed by atoms with van der Waals surface area (Å²) in [7, 11) is 0. The number of fused-ring (bicyclic) bond motifs is 1. The summed E-state index contributed by atoms with van der Waals surface area (Å²) in [6.45, 7) is 6.54. The number of benzene rings is 1. The number of anilines is 1. The third-order valence-electron chi connectivity index (χ3n) is 7.62. The zero-order valence-electron chi connectivity index (χ0n) is 20.7. The lowest BCUT2D eigenvalue weighted by Gasteiger charge is -2.36. The predicted octanol–water partition coefficient (Wildman–Crippen LogP) is 3.35. The minimum absolute atomic E-state index is 0.128. The van der Waals surface area contributed by atoms with Crippen LogP contribution in [0.5, 0.6) is 0 Å². The third kappa shape index (κ3) is 4.66. The molecule has 1 N–H and O–H groups in total. The van der Waals surface area contributed by atoms with E-state index in [0.29, 0.717) is 42.9 Å². The zero-order chi connectivity index (χ0) is 25.9. The fraction of sp³-hybridized carbons (Fsp3) is 0.593. The van der Waals surface area contributed by atoms with Gasteiger partial charge in [-0.3, -0.25) is 14.4 Å². The maximum Gasteiger partial charge on any atom is 0.312 e. The molecule has 0 saturated carbocycles. The van der Waals surface area contributed by atoms with Crippen LogP contribution in [0, 0.1) is 11.8 Å². The third-order valence-corrected chi connectivity index (χ3v) is 7.87. The maximum atomic E-state index is 14.3. The number of ether oxygens (including phenoxy) is 2. The molecule has 9 heteroatoms. The molecule has 3 aliphatic rings. The largest absolute Gasteiger partial charge is 0.466 e. The van der Waals surface area contributed by atoms with Gasteiger partial charge >= 0.3 is 5.97 Å². The molecule has 2 bridgehead atoms. The molecule has 0 aromatic heterocycles. The van der Waals surface area contributed by atoms with Crippen LogP contribution in [0.2, 0.25) is 5.02 Å². The van der Waals surface area contributed by atoms with Gasteiger partial charge in [-0.25, -0.2) is 0 Å². The van der Waals surface area contributed by atoms with Crippen LogP contribution in [0.4, 0.5) is 5.69 Å². The van der Waals surface area contributed by atoms with Crippen molar-refractivity contribution in [1.82, 2.24) is 4.90 Å². The number of nitrogens with zero attached hydrogens (tertiary/aromatic N) is 2. The van der Waals surface area contributed by atoms with Crippen LogP contribution in [-0.2, 0) is 23.9 Å². The van der Waals surface area contributed by atoms with Gasteiger partial charge in [-0.1, -0.05) is 30.5 Å². The van der Waals surface area contributed by atoms with E-state index >= 15 is 0 Å². The summed E-state index contributed by atoms with van der Waals surface area (Å²) in [5, 5.41) is 9.64. The van der Waals surface area contributed by atoms with E-state index in [1.807, 2.05) is 0 Å². The van der Waals surface area contributed by atoms with Gasteiger partial charge in [0.15, 0.2) is 0 Å². The fourth-order valence-corrected chi connectivity index (χ4v) is 6.27. The summed E-state index contributed by atoms with van der Waals surface area (Å²) in [4.78, 5) is 44.3. The fourth-order valence-electron chi connectivity index (χ4n) is 6.15. The lowest BCUT2D eigenvalue weighted by Crippen LogP contribution is -2.56. The Bertz CT molecular complexity index is 985. The molecule has 3 saturated heterocycles. The number of aliphatic hydroxyl groups excluding tert-OH is 1. The van der Waals surface area contributed by atoms with E-state index in [4.69, 9.17) is 26.2 Å². The Morgan fingerprint density at radius 3 is 2.67 bits per heavy atom. The first-order valence-electron chi connectivity index (χ1n) is 12.8. The second-order valence-electron chi connectivity index (χ2n) is 9.69. The van der Waals surface area contributed by atoms with E-state index < -0.39 is 35.6 Å². The van der Waals surface area contributed by atoms with Gasteiger partial charge in [-0.15, -0.1) is 6.58 Å². The van der Waals surface area contributed by atoms with Crippen LogP contribution in [0.15, 0.2) is 36.9 Å². The van der Waals surface area contributed by atoms with E-state index in [-0.39, 0.29) is 31.6 Å². The number of halogens is 1. The van der Waals surface area contributed by atoms with Crippen molar-refractivity contribution in [2.24, 2.45) is 11.8 Å². The summed E-state index contributed by atoms with van der Waals surface area (Å²) in [5.41, 5.74) is -0.415. The lowest BCUT2D eigenvalue weighted by molar-refractivity contribution is -0.154. The molecule has 0 radical (unpaired) electrons. The van der Waals surface area contributed by atoms with Crippen molar-refractivity contribution in [2.75, 3.05) is 31.2 Å². The summed E-state index contributed by atoms with van der Waals surface area (Å²) in [6.07, 6.45) is 5.39. The molecule has 1 aromatic carbocycles. The average molecular weight is 519 g/mol. The van der Waals surface area contributed by atoms with Gasteiger partial charge in [0.1, 0.15) is 11.6 Å². The Morgan fingerprint density at radius 2 is 2.00 bits per heavy atom. The molecule has 3 heterocycles. The number of rotatable bonds is 12. The molecule has 5 atom stereocenters.